The topological polar surface area (TPSA) is 61.7 Å². The molecule has 4 nitrogen and oxygen atoms in total. The van der Waals surface area contributed by atoms with Gasteiger partial charge in [0.25, 0.3) is 0 Å². The van der Waals surface area contributed by atoms with Crippen LogP contribution in [0.1, 0.15) is 31.2 Å². The fourth-order valence-corrected chi connectivity index (χ4v) is 3.27. The van der Waals surface area contributed by atoms with E-state index in [4.69, 9.17) is 4.74 Å². The standard InChI is InChI=1S/C15H22BrNO3/c1-20-14-7-12(16)6-11(15(14)19)8-17-9-13(18)10-4-2-3-5-10/h6-7,10,13,17-19H,2-5,8-9H2,1H3. The Kier molecular flexibility index (Phi) is 5.69. The lowest BCUT2D eigenvalue weighted by Gasteiger charge is -2.18. The van der Waals surface area contributed by atoms with Crippen molar-refractivity contribution in [1.82, 2.24) is 5.32 Å². The van der Waals surface area contributed by atoms with E-state index in [-0.39, 0.29) is 11.9 Å². The third-order valence-corrected chi connectivity index (χ3v) is 4.41. The molecule has 0 radical (unpaired) electrons. The summed E-state index contributed by atoms with van der Waals surface area (Å²) >= 11 is 3.39. The van der Waals surface area contributed by atoms with Crippen LogP contribution in [0.2, 0.25) is 0 Å². The molecule has 1 aliphatic rings. The van der Waals surface area contributed by atoms with E-state index in [2.05, 4.69) is 21.2 Å². The zero-order valence-electron chi connectivity index (χ0n) is 11.7. The molecule has 3 N–H and O–H groups in total. The SMILES string of the molecule is COc1cc(Br)cc(CNCC(O)C2CCCC2)c1O. The van der Waals surface area contributed by atoms with E-state index in [0.29, 0.717) is 24.8 Å². The van der Waals surface area contributed by atoms with Crippen LogP contribution in [0, 0.1) is 5.92 Å². The third kappa shape index (κ3) is 3.87. The van der Waals surface area contributed by atoms with Crippen molar-refractivity contribution in [3.05, 3.63) is 22.2 Å². The van der Waals surface area contributed by atoms with Gasteiger partial charge in [-0.05, 0) is 30.9 Å². The number of phenols is 1. The number of aliphatic hydroxyl groups is 1. The van der Waals surface area contributed by atoms with E-state index in [1.54, 1.807) is 6.07 Å². The quantitative estimate of drug-likeness (QED) is 0.743. The minimum Gasteiger partial charge on any atom is -0.504 e. The molecule has 1 unspecified atom stereocenters. The molecule has 20 heavy (non-hydrogen) atoms. The lowest BCUT2D eigenvalue weighted by Crippen LogP contribution is -2.31. The maximum atomic E-state index is 10.1. The number of hydrogen-bond acceptors (Lipinski definition) is 4. The van der Waals surface area contributed by atoms with Gasteiger partial charge in [0.15, 0.2) is 11.5 Å². The number of benzene rings is 1. The monoisotopic (exact) mass is 343 g/mol. The number of rotatable bonds is 6. The number of aliphatic hydroxyl groups excluding tert-OH is 1. The van der Waals surface area contributed by atoms with Crippen LogP contribution in [-0.2, 0) is 6.54 Å². The molecular formula is C15H22BrNO3. The first-order valence-corrected chi connectivity index (χ1v) is 7.85. The normalized spacial score (nSPS) is 17.4. The first kappa shape index (κ1) is 15.6. The van der Waals surface area contributed by atoms with Crippen molar-refractivity contribution in [2.24, 2.45) is 5.92 Å². The van der Waals surface area contributed by atoms with Gasteiger partial charge in [0.2, 0.25) is 0 Å². The highest BCUT2D eigenvalue weighted by molar-refractivity contribution is 9.10. The molecule has 0 aromatic heterocycles. The predicted molar refractivity (Wildman–Crippen MR) is 82.0 cm³/mol. The van der Waals surface area contributed by atoms with Crippen molar-refractivity contribution in [2.75, 3.05) is 13.7 Å². The maximum absolute atomic E-state index is 10.1. The minimum atomic E-state index is -0.298. The third-order valence-electron chi connectivity index (χ3n) is 3.95. The Hall–Kier alpha value is -0.780. The maximum Gasteiger partial charge on any atom is 0.162 e. The zero-order chi connectivity index (χ0) is 14.5. The highest BCUT2D eigenvalue weighted by atomic mass is 79.9. The van der Waals surface area contributed by atoms with Crippen LogP contribution in [0.5, 0.6) is 11.5 Å². The van der Waals surface area contributed by atoms with Crippen LogP contribution in [0.25, 0.3) is 0 Å². The molecule has 1 aliphatic carbocycles. The Morgan fingerprint density at radius 3 is 2.75 bits per heavy atom. The van der Waals surface area contributed by atoms with Gasteiger partial charge in [-0.15, -0.1) is 0 Å². The second kappa shape index (κ2) is 7.29. The van der Waals surface area contributed by atoms with Crippen LogP contribution in [0.15, 0.2) is 16.6 Å². The average Bonchev–Trinajstić information content (AvgIpc) is 2.96. The number of aromatic hydroxyl groups is 1. The molecule has 1 fully saturated rings. The van der Waals surface area contributed by atoms with Crippen LogP contribution >= 0.6 is 15.9 Å². The molecule has 0 bridgehead atoms. The summed E-state index contributed by atoms with van der Waals surface area (Å²) in [5, 5.41) is 23.3. The molecular weight excluding hydrogens is 322 g/mol. The van der Waals surface area contributed by atoms with Crippen LogP contribution in [-0.4, -0.2) is 30.0 Å². The summed E-state index contributed by atoms with van der Waals surface area (Å²) in [5.74, 6) is 1.03. The van der Waals surface area contributed by atoms with Crippen molar-refractivity contribution in [1.29, 1.82) is 0 Å². The molecule has 1 saturated carbocycles. The van der Waals surface area contributed by atoms with Gasteiger partial charge in [0.1, 0.15) is 0 Å². The second-order valence-electron chi connectivity index (χ2n) is 5.36. The number of ether oxygens (including phenoxy) is 1. The van der Waals surface area contributed by atoms with E-state index >= 15 is 0 Å². The Labute approximate surface area is 128 Å². The van der Waals surface area contributed by atoms with Gasteiger partial charge in [0.05, 0.1) is 13.2 Å². The molecule has 0 saturated heterocycles. The van der Waals surface area contributed by atoms with E-state index in [1.165, 1.54) is 20.0 Å². The van der Waals surface area contributed by atoms with E-state index in [0.717, 1.165) is 22.9 Å². The predicted octanol–water partition coefficient (Wildman–Crippen LogP) is 2.80. The number of phenolic OH excluding ortho intramolecular Hbond substituents is 1. The summed E-state index contributed by atoms with van der Waals surface area (Å²) in [6.45, 7) is 1.06. The second-order valence-corrected chi connectivity index (χ2v) is 6.27. The number of nitrogens with one attached hydrogen (secondary N) is 1. The zero-order valence-corrected chi connectivity index (χ0v) is 13.3. The Bertz CT molecular complexity index is 447. The number of methoxy groups -OCH3 is 1. The molecule has 1 atom stereocenters. The lowest BCUT2D eigenvalue weighted by atomic mass is 10.0. The molecule has 1 aromatic carbocycles. The van der Waals surface area contributed by atoms with Crippen LogP contribution in [0.4, 0.5) is 0 Å². The molecule has 112 valence electrons. The molecule has 1 aromatic rings. The van der Waals surface area contributed by atoms with Crippen LogP contribution in [0.3, 0.4) is 0 Å². The van der Waals surface area contributed by atoms with Gasteiger partial charge in [-0.1, -0.05) is 28.8 Å². The fraction of sp³-hybridized carbons (Fsp3) is 0.600. The first-order valence-electron chi connectivity index (χ1n) is 7.06. The molecule has 0 aliphatic heterocycles. The van der Waals surface area contributed by atoms with Crippen molar-refractivity contribution >= 4 is 15.9 Å². The summed E-state index contributed by atoms with van der Waals surface area (Å²) in [6.07, 6.45) is 4.41. The molecule has 2 rings (SSSR count). The fourth-order valence-electron chi connectivity index (χ4n) is 2.78. The smallest absolute Gasteiger partial charge is 0.162 e. The van der Waals surface area contributed by atoms with E-state index < -0.39 is 0 Å². The van der Waals surface area contributed by atoms with Gasteiger partial charge in [0, 0.05) is 23.1 Å². The summed E-state index contributed by atoms with van der Waals surface area (Å²) in [6, 6.07) is 3.58. The van der Waals surface area contributed by atoms with Gasteiger partial charge in [-0.2, -0.15) is 0 Å². The van der Waals surface area contributed by atoms with Crippen molar-refractivity contribution in [2.45, 2.75) is 38.3 Å². The molecule has 0 heterocycles. The first-order chi connectivity index (χ1) is 9.61. The van der Waals surface area contributed by atoms with Crippen molar-refractivity contribution < 1.29 is 14.9 Å². The van der Waals surface area contributed by atoms with Gasteiger partial charge in [-0.25, -0.2) is 0 Å². The number of hydrogen-bond donors (Lipinski definition) is 3. The summed E-state index contributed by atoms with van der Waals surface area (Å²) < 4.78 is 5.98. The van der Waals surface area contributed by atoms with Crippen LogP contribution < -0.4 is 10.1 Å². The van der Waals surface area contributed by atoms with Gasteiger partial charge < -0.3 is 20.3 Å². The van der Waals surface area contributed by atoms with Gasteiger partial charge >= 0.3 is 0 Å². The summed E-state index contributed by atoms with van der Waals surface area (Å²) in [4.78, 5) is 0. The van der Waals surface area contributed by atoms with E-state index in [1.807, 2.05) is 6.07 Å². The molecule has 5 heteroatoms. The Morgan fingerprint density at radius 2 is 2.10 bits per heavy atom. The minimum absolute atomic E-state index is 0.151. The Balaban J connectivity index is 1.88. The van der Waals surface area contributed by atoms with E-state index in [9.17, 15) is 10.2 Å². The highest BCUT2D eigenvalue weighted by Gasteiger charge is 2.22. The van der Waals surface area contributed by atoms with Crippen molar-refractivity contribution in [3.8, 4) is 11.5 Å². The lowest BCUT2D eigenvalue weighted by molar-refractivity contribution is 0.109. The average molecular weight is 344 g/mol. The van der Waals surface area contributed by atoms with Gasteiger partial charge in [-0.3, -0.25) is 0 Å². The molecule has 0 amide bonds. The summed E-state index contributed by atoms with van der Waals surface area (Å²) in [7, 11) is 1.53. The highest BCUT2D eigenvalue weighted by Crippen LogP contribution is 2.33. The largest absolute Gasteiger partial charge is 0.504 e. The molecule has 0 spiro atoms. The summed E-state index contributed by atoms with van der Waals surface area (Å²) in [5.41, 5.74) is 0.759. The Morgan fingerprint density at radius 1 is 1.40 bits per heavy atom. The van der Waals surface area contributed by atoms with Crippen molar-refractivity contribution in [3.63, 3.8) is 0 Å². The number of halogens is 1.